The van der Waals surface area contributed by atoms with Crippen molar-refractivity contribution < 1.29 is 14.3 Å². The number of rotatable bonds is 2. The van der Waals surface area contributed by atoms with E-state index in [-0.39, 0.29) is 0 Å². The number of benzene rings is 1. The average Bonchev–Trinajstić information content (AvgIpc) is 2.94. The second-order valence-corrected chi connectivity index (χ2v) is 5.25. The number of hydrogen-bond donors (Lipinski definition) is 1. The van der Waals surface area contributed by atoms with Gasteiger partial charge in [0.1, 0.15) is 16.8 Å². The van der Waals surface area contributed by atoms with E-state index in [4.69, 9.17) is 4.42 Å². The molecule has 0 amide bonds. The first-order valence-electron chi connectivity index (χ1n) is 6.36. The molecule has 0 unspecified atom stereocenters. The van der Waals surface area contributed by atoms with E-state index in [0.717, 1.165) is 29.4 Å². The SMILES string of the molecule is Cc1ccc2cc(C3(C(=O)O)CCCC3)oc2c1. The summed E-state index contributed by atoms with van der Waals surface area (Å²) in [5.74, 6) is -0.135. The van der Waals surface area contributed by atoms with Crippen molar-refractivity contribution in [1.82, 2.24) is 0 Å². The molecule has 1 aliphatic rings. The molecule has 3 nitrogen and oxygen atoms in total. The van der Waals surface area contributed by atoms with Gasteiger partial charge in [-0.15, -0.1) is 0 Å². The second-order valence-electron chi connectivity index (χ2n) is 5.25. The maximum atomic E-state index is 11.6. The fourth-order valence-corrected chi connectivity index (χ4v) is 2.92. The summed E-state index contributed by atoms with van der Waals surface area (Å²) in [7, 11) is 0. The van der Waals surface area contributed by atoms with Crippen LogP contribution in [0.25, 0.3) is 11.0 Å². The van der Waals surface area contributed by atoms with Crippen molar-refractivity contribution in [3.05, 3.63) is 35.6 Å². The number of aliphatic carboxylic acids is 1. The number of aryl methyl sites for hydroxylation is 1. The molecule has 1 saturated carbocycles. The fraction of sp³-hybridized carbons (Fsp3) is 0.400. The van der Waals surface area contributed by atoms with Gasteiger partial charge in [0.05, 0.1) is 0 Å². The molecular weight excluding hydrogens is 228 g/mol. The summed E-state index contributed by atoms with van der Waals surface area (Å²) in [6.07, 6.45) is 3.28. The summed E-state index contributed by atoms with van der Waals surface area (Å²) in [6, 6.07) is 7.86. The Kier molecular flexibility index (Phi) is 2.44. The molecule has 0 spiro atoms. The monoisotopic (exact) mass is 244 g/mol. The van der Waals surface area contributed by atoms with Gasteiger partial charge in [0.2, 0.25) is 0 Å². The van der Waals surface area contributed by atoms with Crippen molar-refractivity contribution >= 4 is 16.9 Å². The number of carboxylic acids is 1. The van der Waals surface area contributed by atoms with Crippen LogP contribution >= 0.6 is 0 Å². The van der Waals surface area contributed by atoms with Crippen LogP contribution in [-0.2, 0) is 10.2 Å². The van der Waals surface area contributed by atoms with Crippen LogP contribution in [0.1, 0.15) is 37.0 Å². The van der Waals surface area contributed by atoms with Crippen molar-refractivity contribution in [1.29, 1.82) is 0 Å². The number of furan rings is 1. The Morgan fingerprint density at radius 1 is 1.28 bits per heavy atom. The zero-order chi connectivity index (χ0) is 12.8. The minimum absolute atomic E-state index is 0.619. The van der Waals surface area contributed by atoms with E-state index in [1.165, 1.54) is 0 Å². The Bertz CT molecular complexity index is 603. The molecular formula is C15H16O3. The first-order valence-corrected chi connectivity index (χ1v) is 6.36. The lowest BCUT2D eigenvalue weighted by atomic mass is 9.83. The van der Waals surface area contributed by atoms with E-state index in [1.54, 1.807) is 0 Å². The fourth-order valence-electron chi connectivity index (χ4n) is 2.92. The summed E-state index contributed by atoms with van der Waals surface area (Å²) in [4.78, 5) is 11.6. The summed E-state index contributed by atoms with van der Waals surface area (Å²) >= 11 is 0. The maximum absolute atomic E-state index is 11.6. The Morgan fingerprint density at radius 3 is 2.67 bits per heavy atom. The first-order chi connectivity index (χ1) is 8.62. The molecule has 2 aromatic rings. The Labute approximate surface area is 105 Å². The number of carbonyl (C=O) groups is 1. The van der Waals surface area contributed by atoms with E-state index in [9.17, 15) is 9.90 Å². The number of carboxylic acid groups (broad SMARTS) is 1. The highest BCUT2D eigenvalue weighted by molar-refractivity contribution is 5.85. The molecule has 0 saturated heterocycles. The van der Waals surface area contributed by atoms with Gasteiger partial charge in [0, 0.05) is 5.39 Å². The van der Waals surface area contributed by atoms with Crippen molar-refractivity contribution in [2.75, 3.05) is 0 Å². The minimum atomic E-state index is -0.799. The average molecular weight is 244 g/mol. The summed E-state index contributed by atoms with van der Waals surface area (Å²) in [5.41, 5.74) is 1.11. The van der Waals surface area contributed by atoms with E-state index in [2.05, 4.69) is 0 Å². The van der Waals surface area contributed by atoms with Crippen LogP contribution < -0.4 is 0 Å². The zero-order valence-electron chi connectivity index (χ0n) is 10.4. The quantitative estimate of drug-likeness (QED) is 0.877. The molecule has 1 aromatic carbocycles. The molecule has 18 heavy (non-hydrogen) atoms. The smallest absolute Gasteiger partial charge is 0.317 e. The van der Waals surface area contributed by atoms with Crippen LogP contribution in [-0.4, -0.2) is 11.1 Å². The van der Waals surface area contributed by atoms with Crippen LogP contribution in [0.3, 0.4) is 0 Å². The Morgan fingerprint density at radius 2 is 2.00 bits per heavy atom. The van der Waals surface area contributed by atoms with E-state index < -0.39 is 11.4 Å². The summed E-state index contributed by atoms with van der Waals surface area (Å²) < 4.78 is 5.82. The second kappa shape index (κ2) is 3.87. The van der Waals surface area contributed by atoms with E-state index in [1.807, 2.05) is 31.2 Å². The largest absolute Gasteiger partial charge is 0.480 e. The summed E-state index contributed by atoms with van der Waals surface area (Å²) in [6.45, 7) is 2.00. The molecule has 0 aliphatic heterocycles. The van der Waals surface area contributed by atoms with Crippen molar-refractivity contribution in [2.45, 2.75) is 38.0 Å². The highest BCUT2D eigenvalue weighted by atomic mass is 16.4. The maximum Gasteiger partial charge on any atom is 0.317 e. The van der Waals surface area contributed by atoms with Crippen molar-refractivity contribution in [2.24, 2.45) is 0 Å². The minimum Gasteiger partial charge on any atom is -0.480 e. The lowest BCUT2D eigenvalue weighted by Crippen LogP contribution is -2.31. The van der Waals surface area contributed by atoms with Crippen LogP contribution in [0.15, 0.2) is 28.7 Å². The predicted octanol–water partition coefficient (Wildman–Crippen LogP) is 3.64. The van der Waals surface area contributed by atoms with Gasteiger partial charge in [-0.25, -0.2) is 0 Å². The Hall–Kier alpha value is -1.77. The molecule has 1 heterocycles. The molecule has 94 valence electrons. The third-order valence-corrected chi connectivity index (χ3v) is 4.01. The summed E-state index contributed by atoms with van der Waals surface area (Å²) in [5, 5.41) is 10.5. The first kappa shape index (κ1) is 11.3. The van der Waals surface area contributed by atoms with Gasteiger partial charge in [-0.2, -0.15) is 0 Å². The molecule has 0 radical (unpaired) electrons. The van der Waals surface area contributed by atoms with Gasteiger partial charge < -0.3 is 9.52 Å². The van der Waals surface area contributed by atoms with Gasteiger partial charge in [-0.05, 0) is 37.5 Å². The van der Waals surface area contributed by atoms with E-state index in [0.29, 0.717) is 18.6 Å². The van der Waals surface area contributed by atoms with E-state index >= 15 is 0 Å². The van der Waals surface area contributed by atoms with Gasteiger partial charge in [0.25, 0.3) is 0 Å². The number of hydrogen-bond acceptors (Lipinski definition) is 2. The normalized spacial score (nSPS) is 18.3. The third-order valence-electron chi connectivity index (χ3n) is 4.01. The predicted molar refractivity (Wildman–Crippen MR) is 68.7 cm³/mol. The molecule has 1 N–H and O–H groups in total. The molecule has 1 aromatic heterocycles. The van der Waals surface area contributed by atoms with Crippen LogP contribution in [0.4, 0.5) is 0 Å². The van der Waals surface area contributed by atoms with Crippen molar-refractivity contribution in [3.63, 3.8) is 0 Å². The molecule has 0 atom stereocenters. The molecule has 1 aliphatic carbocycles. The lowest BCUT2D eigenvalue weighted by molar-refractivity contribution is -0.144. The topological polar surface area (TPSA) is 50.4 Å². The lowest BCUT2D eigenvalue weighted by Gasteiger charge is -2.20. The molecule has 3 rings (SSSR count). The Balaban J connectivity index is 2.15. The van der Waals surface area contributed by atoms with Crippen LogP contribution in [0.5, 0.6) is 0 Å². The molecule has 0 bridgehead atoms. The van der Waals surface area contributed by atoms with Gasteiger partial charge in [-0.3, -0.25) is 4.79 Å². The van der Waals surface area contributed by atoms with Crippen LogP contribution in [0, 0.1) is 6.92 Å². The highest BCUT2D eigenvalue weighted by Gasteiger charge is 2.45. The standard InChI is InChI=1S/C15H16O3/c1-10-4-5-11-9-13(18-12(11)8-10)15(14(16)17)6-2-3-7-15/h4-5,8-9H,2-3,6-7H2,1H3,(H,16,17). The highest BCUT2D eigenvalue weighted by Crippen LogP contribution is 2.43. The zero-order valence-corrected chi connectivity index (χ0v) is 10.4. The van der Waals surface area contributed by atoms with Crippen LogP contribution in [0.2, 0.25) is 0 Å². The number of fused-ring (bicyclic) bond motifs is 1. The molecule has 1 fully saturated rings. The van der Waals surface area contributed by atoms with Gasteiger partial charge >= 0.3 is 5.97 Å². The third kappa shape index (κ3) is 1.54. The van der Waals surface area contributed by atoms with Gasteiger partial charge in [-0.1, -0.05) is 25.0 Å². The molecule has 3 heteroatoms. The van der Waals surface area contributed by atoms with Gasteiger partial charge in [0.15, 0.2) is 0 Å². The van der Waals surface area contributed by atoms with Crippen molar-refractivity contribution in [3.8, 4) is 0 Å².